The first-order valence-corrected chi connectivity index (χ1v) is 7.74. The Kier molecular flexibility index (Phi) is 3.74. The number of fused-ring (bicyclic) bond motifs is 1. The molecule has 1 aromatic heterocycles. The third kappa shape index (κ3) is 2.70. The minimum absolute atomic E-state index is 0.0319. The molecule has 104 valence electrons. The molecule has 0 bridgehead atoms. The van der Waals surface area contributed by atoms with Crippen LogP contribution in [0, 0.1) is 0 Å². The Hall–Kier alpha value is -1.81. The molecule has 1 atom stereocenters. The van der Waals surface area contributed by atoms with Crippen molar-refractivity contribution in [3.8, 4) is 5.75 Å². The maximum atomic E-state index is 12.1. The highest BCUT2D eigenvalue weighted by molar-refractivity contribution is 7.10. The van der Waals surface area contributed by atoms with Crippen LogP contribution in [0.1, 0.15) is 34.9 Å². The van der Waals surface area contributed by atoms with Crippen LogP contribution < -0.4 is 5.32 Å². The molecule has 0 fully saturated rings. The van der Waals surface area contributed by atoms with Gasteiger partial charge >= 0.3 is 0 Å². The summed E-state index contributed by atoms with van der Waals surface area (Å²) in [5.41, 5.74) is 1.94. The van der Waals surface area contributed by atoms with Crippen molar-refractivity contribution in [2.24, 2.45) is 0 Å². The molecule has 20 heavy (non-hydrogen) atoms. The Morgan fingerprint density at radius 1 is 1.35 bits per heavy atom. The summed E-state index contributed by atoms with van der Waals surface area (Å²) in [7, 11) is 0. The molecule has 1 unspecified atom stereocenters. The molecule has 2 aromatic rings. The van der Waals surface area contributed by atoms with E-state index < -0.39 is 0 Å². The second-order valence-corrected chi connectivity index (χ2v) is 6.12. The predicted octanol–water partition coefficient (Wildman–Crippen LogP) is 3.19. The second kappa shape index (κ2) is 5.67. The van der Waals surface area contributed by atoms with Gasteiger partial charge in [-0.25, -0.2) is 0 Å². The number of amides is 1. The molecule has 3 nitrogen and oxygen atoms in total. The lowest BCUT2D eigenvalue weighted by Gasteiger charge is -2.23. The molecule has 1 amide bonds. The molecular formula is C16H17NO2S. The molecule has 0 aliphatic heterocycles. The molecule has 4 heteroatoms. The standard InChI is InChI=1S/C16H17NO2S/c18-14-6-2-1-4-11(14)10-16(19)17-13-5-3-7-15-12(13)8-9-20-15/h1-2,4,6,8-9,13,18H,3,5,7,10H2,(H,17,19). The van der Waals surface area contributed by atoms with Crippen LogP contribution in [0.15, 0.2) is 35.7 Å². The van der Waals surface area contributed by atoms with E-state index >= 15 is 0 Å². The van der Waals surface area contributed by atoms with Crippen LogP contribution in [0.2, 0.25) is 0 Å². The first kappa shape index (κ1) is 13.2. The second-order valence-electron chi connectivity index (χ2n) is 5.12. The van der Waals surface area contributed by atoms with Gasteiger partial charge in [-0.1, -0.05) is 18.2 Å². The van der Waals surface area contributed by atoms with Crippen molar-refractivity contribution in [2.75, 3.05) is 0 Å². The lowest BCUT2D eigenvalue weighted by Crippen LogP contribution is -2.31. The number of hydrogen-bond donors (Lipinski definition) is 2. The largest absolute Gasteiger partial charge is 0.508 e. The highest BCUT2D eigenvalue weighted by atomic mass is 32.1. The molecule has 0 saturated carbocycles. The van der Waals surface area contributed by atoms with E-state index in [1.165, 1.54) is 10.4 Å². The third-order valence-corrected chi connectivity index (χ3v) is 4.73. The van der Waals surface area contributed by atoms with Crippen LogP contribution in [0.3, 0.4) is 0 Å². The van der Waals surface area contributed by atoms with Crippen molar-refractivity contribution in [3.63, 3.8) is 0 Å². The number of carbonyl (C=O) groups is 1. The number of benzene rings is 1. The third-order valence-electron chi connectivity index (χ3n) is 3.73. The van der Waals surface area contributed by atoms with E-state index in [4.69, 9.17) is 0 Å². The Bertz CT molecular complexity index is 620. The van der Waals surface area contributed by atoms with Crippen molar-refractivity contribution in [1.29, 1.82) is 0 Å². The zero-order valence-electron chi connectivity index (χ0n) is 11.1. The van der Waals surface area contributed by atoms with E-state index in [9.17, 15) is 9.90 Å². The lowest BCUT2D eigenvalue weighted by molar-refractivity contribution is -0.121. The lowest BCUT2D eigenvalue weighted by atomic mass is 9.94. The first-order chi connectivity index (χ1) is 9.74. The maximum absolute atomic E-state index is 12.1. The number of rotatable bonds is 3. The molecule has 1 aromatic carbocycles. The summed E-state index contributed by atoms with van der Waals surface area (Å²) in [6.07, 6.45) is 3.47. The summed E-state index contributed by atoms with van der Waals surface area (Å²) < 4.78 is 0. The number of hydrogen-bond acceptors (Lipinski definition) is 3. The van der Waals surface area contributed by atoms with Crippen molar-refractivity contribution in [3.05, 3.63) is 51.7 Å². The molecule has 0 spiro atoms. The van der Waals surface area contributed by atoms with E-state index in [1.54, 1.807) is 29.5 Å². The van der Waals surface area contributed by atoms with E-state index in [0.717, 1.165) is 19.3 Å². The molecule has 1 aliphatic rings. The molecule has 3 rings (SSSR count). The van der Waals surface area contributed by atoms with Crippen LogP contribution in [0.25, 0.3) is 0 Å². The van der Waals surface area contributed by atoms with Crippen LogP contribution in [0.5, 0.6) is 5.75 Å². The number of para-hydroxylation sites is 1. The average molecular weight is 287 g/mol. The summed E-state index contributed by atoms with van der Waals surface area (Å²) in [5.74, 6) is 0.151. The van der Waals surface area contributed by atoms with Gasteiger partial charge in [-0.2, -0.15) is 0 Å². The van der Waals surface area contributed by atoms with Gasteiger partial charge in [0.15, 0.2) is 0 Å². The number of carbonyl (C=O) groups excluding carboxylic acids is 1. The Balaban J connectivity index is 1.68. The number of phenolic OH excluding ortho intramolecular Hbond substituents is 1. The molecule has 0 radical (unpaired) electrons. The zero-order chi connectivity index (χ0) is 13.9. The van der Waals surface area contributed by atoms with Crippen molar-refractivity contribution < 1.29 is 9.90 Å². The summed E-state index contributed by atoms with van der Waals surface area (Å²) in [5, 5.41) is 14.9. The van der Waals surface area contributed by atoms with Gasteiger partial charge in [-0.05, 0) is 42.3 Å². The average Bonchev–Trinajstić information content (AvgIpc) is 2.91. The number of aromatic hydroxyl groups is 1. The van der Waals surface area contributed by atoms with Gasteiger partial charge in [0.25, 0.3) is 0 Å². The van der Waals surface area contributed by atoms with E-state index in [1.807, 2.05) is 6.07 Å². The van der Waals surface area contributed by atoms with E-state index in [2.05, 4.69) is 16.8 Å². The van der Waals surface area contributed by atoms with E-state index in [0.29, 0.717) is 5.56 Å². The fraction of sp³-hybridized carbons (Fsp3) is 0.312. The normalized spacial score (nSPS) is 17.5. The SMILES string of the molecule is O=C(Cc1ccccc1O)NC1CCCc2sccc21. The maximum Gasteiger partial charge on any atom is 0.225 e. The van der Waals surface area contributed by atoms with Crippen LogP contribution >= 0.6 is 11.3 Å². The Labute approximate surface area is 122 Å². The van der Waals surface area contributed by atoms with Crippen LogP contribution in [-0.2, 0) is 17.6 Å². The van der Waals surface area contributed by atoms with Gasteiger partial charge in [-0.3, -0.25) is 4.79 Å². The first-order valence-electron chi connectivity index (χ1n) is 6.86. The predicted molar refractivity (Wildman–Crippen MR) is 80.0 cm³/mol. The smallest absolute Gasteiger partial charge is 0.225 e. The van der Waals surface area contributed by atoms with Crippen LogP contribution in [0.4, 0.5) is 0 Å². The summed E-state index contributed by atoms with van der Waals surface area (Å²) in [4.78, 5) is 13.5. The van der Waals surface area contributed by atoms with Gasteiger partial charge in [0, 0.05) is 10.4 Å². The van der Waals surface area contributed by atoms with Crippen molar-refractivity contribution in [1.82, 2.24) is 5.32 Å². The molecule has 2 N–H and O–H groups in total. The van der Waals surface area contributed by atoms with Crippen molar-refractivity contribution >= 4 is 17.2 Å². The van der Waals surface area contributed by atoms with Gasteiger partial charge in [-0.15, -0.1) is 11.3 Å². The number of aryl methyl sites for hydroxylation is 1. The molecular weight excluding hydrogens is 270 g/mol. The Morgan fingerprint density at radius 2 is 2.20 bits per heavy atom. The molecule has 1 aliphatic carbocycles. The zero-order valence-corrected chi connectivity index (χ0v) is 12.0. The minimum Gasteiger partial charge on any atom is -0.508 e. The number of thiophene rings is 1. The topological polar surface area (TPSA) is 49.3 Å². The minimum atomic E-state index is -0.0319. The monoisotopic (exact) mass is 287 g/mol. The summed E-state index contributed by atoms with van der Waals surface area (Å²) in [6.45, 7) is 0. The highest BCUT2D eigenvalue weighted by Crippen LogP contribution is 2.33. The molecule has 1 heterocycles. The fourth-order valence-electron chi connectivity index (χ4n) is 2.72. The number of nitrogens with one attached hydrogen (secondary N) is 1. The Morgan fingerprint density at radius 3 is 3.05 bits per heavy atom. The van der Waals surface area contributed by atoms with Crippen molar-refractivity contribution in [2.45, 2.75) is 31.7 Å². The van der Waals surface area contributed by atoms with Gasteiger partial charge in [0.2, 0.25) is 5.91 Å². The van der Waals surface area contributed by atoms with Gasteiger partial charge in [0.05, 0.1) is 12.5 Å². The van der Waals surface area contributed by atoms with Crippen LogP contribution in [-0.4, -0.2) is 11.0 Å². The summed E-state index contributed by atoms with van der Waals surface area (Å²) >= 11 is 1.77. The highest BCUT2D eigenvalue weighted by Gasteiger charge is 2.22. The fourth-order valence-corrected chi connectivity index (χ4v) is 3.70. The quantitative estimate of drug-likeness (QED) is 0.911. The van der Waals surface area contributed by atoms with Gasteiger partial charge in [0.1, 0.15) is 5.75 Å². The summed E-state index contributed by atoms with van der Waals surface area (Å²) in [6, 6.07) is 9.23. The number of phenols is 1. The molecule has 0 saturated heterocycles. The van der Waals surface area contributed by atoms with E-state index in [-0.39, 0.29) is 24.1 Å². The van der Waals surface area contributed by atoms with Gasteiger partial charge < -0.3 is 10.4 Å².